The first-order valence-corrected chi connectivity index (χ1v) is 4.85. The Morgan fingerprint density at radius 1 is 1.23 bits per heavy atom. The molecule has 3 heteroatoms. The molecule has 0 aliphatic carbocycles. The van der Waals surface area contributed by atoms with Gasteiger partial charge in [0, 0.05) is 5.57 Å². The van der Waals surface area contributed by atoms with E-state index in [0.717, 1.165) is 25.8 Å². The van der Waals surface area contributed by atoms with Crippen molar-refractivity contribution in [3.05, 3.63) is 11.6 Å². The fourth-order valence-corrected chi connectivity index (χ4v) is 1.06. The Morgan fingerprint density at radius 2 is 1.85 bits per heavy atom. The van der Waals surface area contributed by atoms with Gasteiger partial charge < -0.3 is 11.5 Å². The number of nitrogens with two attached hydrogens (primary N) is 2. The Balaban J connectivity index is 3.34. The zero-order valence-corrected chi connectivity index (χ0v) is 8.38. The van der Waals surface area contributed by atoms with Crippen molar-refractivity contribution >= 4 is 5.91 Å². The molecule has 0 heterocycles. The highest BCUT2D eigenvalue weighted by Gasteiger charge is 1.95. The lowest BCUT2D eigenvalue weighted by molar-refractivity contribution is -0.114. The zero-order chi connectivity index (χ0) is 10.1. The minimum absolute atomic E-state index is 0.318. The summed E-state index contributed by atoms with van der Waals surface area (Å²) in [5.41, 5.74) is 11.1. The van der Waals surface area contributed by atoms with E-state index in [4.69, 9.17) is 11.5 Å². The second-order valence-electron chi connectivity index (χ2n) is 3.24. The van der Waals surface area contributed by atoms with E-state index in [0.29, 0.717) is 5.57 Å². The average Bonchev–Trinajstić information content (AvgIpc) is 2.10. The Kier molecular flexibility index (Phi) is 7.30. The zero-order valence-electron chi connectivity index (χ0n) is 8.38. The molecule has 76 valence electrons. The first-order chi connectivity index (χ1) is 6.18. The summed E-state index contributed by atoms with van der Waals surface area (Å²) in [6.45, 7) is 2.53. The maximum Gasteiger partial charge on any atom is 0.244 e. The molecule has 0 fully saturated rings. The van der Waals surface area contributed by atoms with E-state index >= 15 is 0 Å². The maximum absolute atomic E-state index is 10.6. The molecule has 1 amide bonds. The molecular weight excluding hydrogens is 164 g/mol. The van der Waals surface area contributed by atoms with Crippen molar-refractivity contribution in [2.45, 2.75) is 39.0 Å². The van der Waals surface area contributed by atoms with Crippen molar-refractivity contribution < 1.29 is 4.79 Å². The smallest absolute Gasteiger partial charge is 0.244 e. The first-order valence-electron chi connectivity index (χ1n) is 4.85. The molecule has 4 N–H and O–H groups in total. The van der Waals surface area contributed by atoms with Crippen LogP contribution in [0, 0.1) is 0 Å². The second-order valence-corrected chi connectivity index (χ2v) is 3.24. The van der Waals surface area contributed by atoms with Crippen molar-refractivity contribution in [2.24, 2.45) is 11.5 Å². The largest absolute Gasteiger partial charge is 0.366 e. The van der Waals surface area contributed by atoms with Crippen molar-refractivity contribution in [3.8, 4) is 0 Å². The summed E-state index contributed by atoms with van der Waals surface area (Å²) in [7, 11) is 0. The topological polar surface area (TPSA) is 69.1 Å². The quantitative estimate of drug-likeness (QED) is 0.463. The highest BCUT2D eigenvalue weighted by Crippen LogP contribution is 2.04. The molecule has 0 aliphatic heterocycles. The second kappa shape index (κ2) is 7.80. The van der Waals surface area contributed by atoms with Gasteiger partial charge in [-0.25, -0.2) is 0 Å². The number of carbonyl (C=O) groups is 1. The molecular formula is C10H20N2O. The Labute approximate surface area is 80.2 Å². The fraction of sp³-hybridized carbons (Fsp3) is 0.700. The monoisotopic (exact) mass is 184 g/mol. The molecule has 0 atom stereocenters. The third-order valence-corrected chi connectivity index (χ3v) is 2.00. The van der Waals surface area contributed by atoms with Gasteiger partial charge in [-0.05, 0) is 32.7 Å². The number of rotatable bonds is 7. The van der Waals surface area contributed by atoms with E-state index in [-0.39, 0.29) is 5.91 Å². The van der Waals surface area contributed by atoms with Gasteiger partial charge in [0.05, 0.1) is 0 Å². The van der Waals surface area contributed by atoms with Crippen molar-refractivity contribution in [2.75, 3.05) is 6.54 Å². The molecule has 0 aromatic heterocycles. The fourth-order valence-electron chi connectivity index (χ4n) is 1.06. The third kappa shape index (κ3) is 7.53. The first kappa shape index (κ1) is 12.2. The molecule has 0 saturated carbocycles. The van der Waals surface area contributed by atoms with Gasteiger partial charge in [0.25, 0.3) is 0 Å². The summed E-state index contributed by atoms with van der Waals surface area (Å²) >= 11 is 0. The van der Waals surface area contributed by atoms with Crippen molar-refractivity contribution in [1.82, 2.24) is 0 Å². The number of amides is 1. The van der Waals surface area contributed by atoms with Crippen molar-refractivity contribution in [1.29, 1.82) is 0 Å². The molecule has 0 unspecified atom stereocenters. The number of carbonyl (C=O) groups excluding carboxylic acids is 1. The summed E-state index contributed by atoms with van der Waals surface area (Å²) in [6.07, 6.45) is 7.42. The number of primary amides is 1. The Bertz CT molecular complexity index is 176. The van der Waals surface area contributed by atoms with Gasteiger partial charge in [-0.15, -0.1) is 0 Å². The van der Waals surface area contributed by atoms with Gasteiger partial charge >= 0.3 is 0 Å². The summed E-state index contributed by atoms with van der Waals surface area (Å²) in [5, 5.41) is 0. The molecule has 0 rings (SSSR count). The number of allylic oxidation sites excluding steroid dienone is 1. The predicted molar refractivity (Wildman–Crippen MR) is 55.1 cm³/mol. The van der Waals surface area contributed by atoms with Gasteiger partial charge in [-0.3, -0.25) is 4.79 Å². The van der Waals surface area contributed by atoms with Crippen LogP contribution in [0.4, 0.5) is 0 Å². The molecule has 13 heavy (non-hydrogen) atoms. The van der Waals surface area contributed by atoms with Crippen LogP contribution in [0.15, 0.2) is 11.6 Å². The summed E-state index contributed by atoms with van der Waals surface area (Å²) < 4.78 is 0. The number of hydrogen-bond donors (Lipinski definition) is 2. The van der Waals surface area contributed by atoms with Gasteiger partial charge in [0.2, 0.25) is 5.91 Å². The average molecular weight is 184 g/mol. The number of unbranched alkanes of at least 4 members (excludes halogenated alkanes) is 4. The van der Waals surface area contributed by atoms with Crippen LogP contribution in [0.1, 0.15) is 39.0 Å². The SMILES string of the molecule is CC(=CCCCCCCN)C(N)=O. The Morgan fingerprint density at radius 3 is 2.38 bits per heavy atom. The molecule has 0 bridgehead atoms. The van der Waals surface area contributed by atoms with Crippen LogP contribution in [-0.2, 0) is 4.79 Å². The third-order valence-electron chi connectivity index (χ3n) is 2.00. The van der Waals surface area contributed by atoms with Gasteiger partial charge in [-0.2, -0.15) is 0 Å². The standard InChI is InChI=1S/C10H20N2O/c1-9(10(12)13)7-5-3-2-4-6-8-11/h7H,2-6,8,11H2,1H3,(H2,12,13). The van der Waals surface area contributed by atoms with Gasteiger partial charge in [0.15, 0.2) is 0 Å². The van der Waals surface area contributed by atoms with Crippen LogP contribution in [0.5, 0.6) is 0 Å². The Hall–Kier alpha value is -0.830. The van der Waals surface area contributed by atoms with E-state index in [1.807, 2.05) is 6.08 Å². The summed E-state index contributed by atoms with van der Waals surface area (Å²) in [4.78, 5) is 10.6. The molecule has 0 aromatic carbocycles. The predicted octanol–water partition coefficient (Wildman–Crippen LogP) is 1.33. The van der Waals surface area contributed by atoms with E-state index in [9.17, 15) is 4.79 Å². The van der Waals surface area contributed by atoms with E-state index in [1.54, 1.807) is 6.92 Å². The lowest BCUT2D eigenvalue weighted by Crippen LogP contribution is -2.11. The van der Waals surface area contributed by atoms with Crippen LogP contribution in [-0.4, -0.2) is 12.5 Å². The minimum Gasteiger partial charge on any atom is -0.366 e. The van der Waals surface area contributed by atoms with Gasteiger partial charge in [0.1, 0.15) is 0 Å². The molecule has 0 saturated heterocycles. The molecule has 0 aromatic rings. The van der Waals surface area contributed by atoms with E-state index in [2.05, 4.69) is 0 Å². The highest BCUT2D eigenvalue weighted by atomic mass is 16.1. The highest BCUT2D eigenvalue weighted by molar-refractivity contribution is 5.91. The van der Waals surface area contributed by atoms with Gasteiger partial charge in [-0.1, -0.05) is 18.9 Å². The molecule has 0 radical (unpaired) electrons. The molecule has 0 aliphatic rings. The van der Waals surface area contributed by atoms with E-state index in [1.165, 1.54) is 12.8 Å². The van der Waals surface area contributed by atoms with Crippen LogP contribution >= 0.6 is 0 Å². The summed E-state index contributed by atoms with van der Waals surface area (Å²) in [5.74, 6) is -0.318. The normalized spacial score (nSPS) is 11.7. The lowest BCUT2D eigenvalue weighted by atomic mass is 10.1. The number of hydrogen-bond acceptors (Lipinski definition) is 2. The van der Waals surface area contributed by atoms with Crippen LogP contribution in [0.2, 0.25) is 0 Å². The lowest BCUT2D eigenvalue weighted by Gasteiger charge is -1.97. The van der Waals surface area contributed by atoms with E-state index < -0.39 is 0 Å². The van der Waals surface area contributed by atoms with Crippen LogP contribution in [0.3, 0.4) is 0 Å². The van der Waals surface area contributed by atoms with Crippen LogP contribution in [0.25, 0.3) is 0 Å². The van der Waals surface area contributed by atoms with Crippen LogP contribution < -0.4 is 11.5 Å². The van der Waals surface area contributed by atoms with Crippen molar-refractivity contribution in [3.63, 3.8) is 0 Å². The molecule has 0 spiro atoms. The summed E-state index contributed by atoms with van der Waals surface area (Å²) in [6, 6.07) is 0. The molecule has 3 nitrogen and oxygen atoms in total. The minimum atomic E-state index is -0.318. The maximum atomic E-state index is 10.6.